The third-order valence-corrected chi connectivity index (χ3v) is 7.95. The predicted octanol–water partition coefficient (Wildman–Crippen LogP) is 1.95. The first-order valence-corrected chi connectivity index (χ1v) is 11.1. The fourth-order valence-corrected chi connectivity index (χ4v) is 6.82. The van der Waals surface area contributed by atoms with Crippen LogP contribution in [0.1, 0.15) is 16.7 Å². The van der Waals surface area contributed by atoms with Crippen molar-refractivity contribution >= 4 is 23.8 Å². The van der Waals surface area contributed by atoms with Crippen LogP contribution >= 0.6 is 7.92 Å². The lowest BCUT2D eigenvalue weighted by molar-refractivity contribution is 0.277. The van der Waals surface area contributed by atoms with Gasteiger partial charge in [-0.1, -0.05) is 36.4 Å². The highest BCUT2D eigenvalue weighted by Crippen LogP contribution is 2.45. The normalized spacial score (nSPS) is 11.8. The Labute approximate surface area is 183 Å². The van der Waals surface area contributed by atoms with E-state index in [4.69, 9.17) is 14.2 Å². The average Bonchev–Trinajstić information content (AvgIpc) is 2.83. The molecule has 0 aromatic heterocycles. The largest absolute Gasteiger partial charge is 0.496 e. The second-order valence-electron chi connectivity index (χ2n) is 6.71. The lowest BCUT2D eigenvalue weighted by atomic mass is 10.1. The first kappa shape index (κ1) is 23.0. The highest BCUT2D eigenvalue weighted by Gasteiger charge is 2.32. The summed E-state index contributed by atoms with van der Waals surface area (Å²) in [6.45, 7) is -0.606. The van der Waals surface area contributed by atoms with E-state index in [2.05, 4.69) is 0 Å². The van der Waals surface area contributed by atoms with Crippen LogP contribution in [0.5, 0.6) is 17.2 Å². The van der Waals surface area contributed by atoms with E-state index in [0.717, 1.165) is 15.9 Å². The van der Waals surface area contributed by atoms with Gasteiger partial charge in [0.1, 0.15) is 17.2 Å². The Bertz CT molecular complexity index is 838. The van der Waals surface area contributed by atoms with Crippen LogP contribution in [0.2, 0.25) is 0 Å². The molecule has 0 aliphatic rings. The van der Waals surface area contributed by atoms with Crippen LogP contribution in [0, 0.1) is 0 Å². The highest BCUT2D eigenvalue weighted by atomic mass is 31.1. The molecule has 164 valence electrons. The van der Waals surface area contributed by atoms with Crippen LogP contribution in [0.4, 0.5) is 0 Å². The average molecular weight is 442 g/mol. The van der Waals surface area contributed by atoms with Gasteiger partial charge in [0.2, 0.25) is 0 Å². The summed E-state index contributed by atoms with van der Waals surface area (Å²) < 4.78 is 17.1. The third kappa shape index (κ3) is 4.39. The van der Waals surface area contributed by atoms with Crippen molar-refractivity contribution in [2.45, 2.75) is 19.8 Å². The van der Waals surface area contributed by atoms with Crippen molar-refractivity contribution in [3.05, 3.63) is 71.3 Å². The second kappa shape index (κ2) is 10.6. The minimum Gasteiger partial charge on any atom is -0.496 e. The topological polar surface area (TPSA) is 88.4 Å². The van der Waals surface area contributed by atoms with Gasteiger partial charge in [0.15, 0.2) is 0 Å². The van der Waals surface area contributed by atoms with Gasteiger partial charge in [-0.15, -0.1) is 0 Å². The van der Waals surface area contributed by atoms with Gasteiger partial charge >= 0.3 is 0 Å². The molecule has 0 amide bonds. The molecule has 1 atom stereocenters. The SMILES string of the molecule is COc1cccc(CO)c1P(c1c(CO)cccc1CO)c1c(OC)cccc1OC. The Balaban J connectivity index is 2.52. The van der Waals surface area contributed by atoms with Gasteiger partial charge in [-0.05, 0) is 48.1 Å². The van der Waals surface area contributed by atoms with Crippen molar-refractivity contribution in [3.63, 3.8) is 0 Å². The van der Waals surface area contributed by atoms with E-state index in [9.17, 15) is 15.3 Å². The zero-order valence-corrected chi connectivity index (χ0v) is 18.7. The third-order valence-electron chi connectivity index (χ3n) is 5.09. The molecule has 31 heavy (non-hydrogen) atoms. The van der Waals surface area contributed by atoms with Crippen molar-refractivity contribution < 1.29 is 29.5 Å². The summed E-state index contributed by atoms with van der Waals surface area (Å²) in [5.41, 5.74) is 2.05. The summed E-state index contributed by atoms with van der Waals surface area (Å²) in [6.07, 6.45) is 0. The van der Waals surface area contributed by atoms with E-state index in [0.29, 0.717) is 33.9 Å². The van der Waals surface area contributed by atoms with Crippen molar-refractivity contribution in [2.75, 3.05) is 21.3 Å². The van der Waals surface area contributed by atoms with Crippen LogP contribution in [-0.2, 0) is 19.8 Å². The molecule has 0 saturated carbocycles. The van der Waals surface area contributed by atoms with Crippen LogP contribution in [-0.4, -0.2) is 36.6 Å². The molecule has 7 heteroatoms. The second-order valence-corrected chi connectivity index (χ2v) is 8.73. The molecule has 0 bridgehead atoms. The lowest BCUT2D eigenvalue weighted by Crippen LogP contribution is -2.30. The van der Waals surface area contributed by atoms with E-state index in [1.165, 1.54) is 0 Å². The van der Waals surface area contributed by atoms with Gasteiger partial charge < -0.3 is 29.5 Å². The molecule has 0 fully saturated rings. The molecule has 0 saturated heterocycles. The summed E-state index contributed by atoms with van der Waals surface area (Å²) >= 11 is 0. The number of ether oxygens (including phenoxy) is 3. The van der Waals surface area contributed by atoms with E-state index in [1.54, 1.807) is 21.3 Å². The summed E-state index contributed by atoms with van der Waals surface area (Å²) in [4.78, 5) is 0. The molecule has 6 nitrogen and oxygen atoms in total. The van der Waals surface area contributed by atoms with Gasteiger partial charge in [0, 0.05) is 5.30 Å². The zero-order chi connectivity index (χ0) is 22.4. The van der Waals surface area contributed by atoms with E-state index >= 15 is 0 Å². The smallest absolute Gasteiger partial charge is 0.130 e. The number of aliphatic hydroxyl groups is 3. The molecule has 0 spiro atoms. The van der Waals surface area contributed by atoms with Gasteiger partial charge in [-0.3, -0.25) is 0 Å². The number of hydrogen-bond donors (Lipinski definition) is 3. The Morgan fingerprint density at radius 3 is 1.32 bits per heavy atom. The van der Waals surface area contributed by atoms with Gasteiger partial charge in [-0.25, -0.2) is 0 Å². The highest BCUT2D eigenvalue weighted by molar-refractivity contribution is 7.80. The number of rotatable bonds is 9. The number of methoxy groups -OCH3 is 3. The fourth-order valence-electron chi connectivity index (χ4n) is 3.69. The maximum atomic E-state index is 10.2. The minimum atomic E-state index is -1.46. The molecule has 1 unspecified atom stereocenters. The van der Waals surface area contributed by atoms with E-state index in [1.807, 2.05) is 54.6 Å². The van der Waals surface area contributed by atoms with Crippen LogP contribution in [0.25, 0.3) is 0 Å². The number of aliphatic hydroxyl groups excluding tert-OH is 3. The molecular formula is C24H27O6P. The fraction of sp³-hybridized carbons (Fsp3) is 0.250. The van der Waals surface area contributed by atoms with Gasteiger partial charge in [-0.2, -0.15) is 0 Å². The summed E-state index contributed by atoms with van der Waals surface area (Å²) in [5, 5.41) is 32.9. The van der Waals surface area contributed by atoms with Crippen molar-refractivity contribution in [1.82, 2.24) is 0 Å². The van der Waals surface area contributed by atoms with Crippen molar-refractivity contribution in [1.29, 1.82) is 0 Å². The Morgan fingerprint density at radius 2 is 0.903 bits per heavy atom. The van der Waals surface area contributed by atoms with Crippen LogP contribution < -0.4 is 30.1 Å². The molecule has 0 radical (unpaired) electrons. The molecule has 0 heterocycles. The monoisotopic (exact) mass is 442 g/mol. The number of hydrogen-bond acceptors (Lipinski definition) is 6. The van der Waals surface area contributed by atoms with Gasteiger partial charge in [0.05, 0.1) is 46.5 Å². The van der Waals surface area contributed by atoms with E-state index < -0.39 is 7.92 Å². The first-order valence-electron chi connectivity index (χ1n) is 9.75. The van der Waals surface area contributed by atoms with Crippen LogP contribution in [0.15, 0.2) is 54.6 Å². The summed E-state index contributed by atoms with van der Waals surface area (Å²) in [6, 6.07) is 16.5. The predicted molar refractivity (Wildman–Crippen MR) is 123 cm³/mol. The molecule has 3 aromatic carbocycles. The zero-order valence-electron chi connectivity index (χ0n) is 17.8. The molecule has 3 aromatic rings. The van der Waals surface area contributed by atoms with Gasteiger partial charge in [0.25, 0.3) is 0 Å². The maximum Gasteiger partial charge on any atom is 0.130 e. The minimum absolute atomic E-state index is 0.196. The molecule has 0 aliphatic carbocycles. The van der Waals surface area contributed by atoms with Crippen LogP contribution in [0.3, 0.4) is 0 Å². The quantitative estimate of drug-likeness (QED) is 0.439. The Kier molecular flexibility index (Phi) is 7.88. The number of benzene rings is 3. The molecular weight excluding hydrogens is 415 g/mol. The molecule has 3 rings (SSSR count). The van der Waals surface area contributed by atoms with E-state index in [-0.39, 0.29) is 19.8 Å². The summed E-state index contributed by atoms with van der Waals surface area (Å²) in [7, 11) is 3.30. The Hall–Kier alpha value is -2.63. The Morgan fingerprint density at radius 1 is 0.548 bits per heavy atom. The molecule has 0 aliphatic heterocycles. The lowest BCUT2D eigenvalue weighted by Gasteiger charge is -2.29. The molecule has 3 N–H and O–H groups in total. The summed E-state index contributed by atoms with van der Waals surface area (Å²) in [5.74, 6) is 1.82. The van der Waals surface area contributed by atoms with Crippen molar-refractivity contribution in [3.8, 4) is 17.2 Å². The standard InChI is InChI=1S/C24H27O6P/c1-28-19-10-5-9-18(15-27)23(19)31(22-16(13-25)7-4-8-17(22)14-26)24-20(29-2)11-6-12-21(24)30-3/h4-12,25-27H,13-15H2,1-3H3. The maximum absolute atomic E-state index is 10.2. The first-order chi connectivity index (χ1) is 15.1. The van der Waals surface area contributed by atoms with Crippen molar-refractivity contribution in [2.24, 2.45) is 0 Å².